The van der Waals surface area contributed by atoms with Gasteiger partial charge in [-0.15, -0.1) is 0 Å². The predicted molar refractivity (Wildman–Crippen MR) is 62.0 cm³/mol. The first-order valence-corrected chi connectivity index (χ1v) is 5.81. The van der Waals surface area contributed by atoms with Crippen LogP contribution in [-0.4, -0.2) is 5.91 Å². The third-order valence-electron chi connectivity index (χ3n) is 2.94. The number of hydrogen-bond acceptors (Lipinski definition) is 1. The van der Waals surface area contributed by atoms with Crippen LogP contribution in [0.25, 0.3) is 0 Å². The highest BCUT2D eigenvalue weighted by atomic mass is 35.5. The molecule has 1 fully saturated rings. The summed E-state index contributed by atoms with van der Waals surface area (Å²) in [5.41, 5.74) is 0.171. The Bertz CT molecular complexity index is 402. The molecule has 1 aromatic rings. The minimum Gasteiger partial charge on any atom is -0.323 e. The highest BCUT2D eigenvalue weighted by Crippen LogP contribution is 2.27. The Kier molecular flexibility index (Phi) is 3.44. The third-order valence-corrected chi connectivity index (χ3v) is 3.23. The highest BCUT2D eigenvalue weighted by Gasteiger charge is 2.23. The van der Waals surface area contributed by atoms with Crippen LogP contribution in [0, 0.1) is 11.7 Å². The molecule has 1 aliphatic rings. The van der Waals surface area contributed by atoms with E-state index in [4.69, 9.17) is 11.6 Å². The van der Waals surface area contributed by atoms with E-state index in [9.17, 15) is 9.18 Å². The zero-order chi connectivity index (χ0) is 11.5. The molecule has 0 bridgehead atoms. The van der Waals surface area contributed by atoms with E-state index in [-0.39, 0.29) is 22.5 Å². The number of carbonyl (C=O) groups is 1. The maximum absolute atomic E-state index is 13.5. The van der Waals surface area contributed by atoms with Gasteiger partial charge in [0.25, 0.3) is 0 Å². The van der Waals surface area contributed by atoms with Gasteiger partial charge in [0.05, 0.1) is 10.7 Å². The van der Waals surface area contributed by atoms with Crippen LogP contribution in [-0.2, 0) is 4.79 Å². The summed E-state index contributed by atoms with van der Waals surface area (Å²) in [4.78, 5) is 11.8. The number of amides is 1. The van der Waals surface area contributed by atoms with Gasteiger partial charge in [-0.05, 0) is 25.0 Å². The van der Waals surface area contributed by atoms with Crippen molar-refractivity contribution in [2.24, 2.45) is 5.92 Å². The lowest BCUT2D eigenvalue weighted by molar-refractivity contribution is -0.119. The molecule has 1 saturated carbocycles. The number of anilines is 1. The van der Waals surface area contributed by atoms with Gasteiger partial charge in [-0.1, -0.05) is 30.5 Å². The van der Waals surface area contributed by atoms with E-state index >= 15 is 0 Å². The van der Waals surface area contributed by atoms with Crippen molar-refractivity contribution in [3.05, 3.63) is 29.0 Å². The maximum Gasteiger partial charge on any atom is 0.227 e. The fourth-order valence-electron chi connectivity index (χ4n) is 2.02. The topological polar surface area (TPSA) is 29.1 Å². The van der Waals surface area contributed by atoms with Gasteiger partial charge in [-0.2, -0.15) is 0 Å². The van der Waals surface area contributed by atoms with E-state index in [0.717, 1.165) is 25.7 Å². The van der Waals surface area contributed by atoms with Gasteiger partial charge >= 0.3 is 0 Å². The Labute approximate surface area is 98.8 Å². The lowest BCUT2D eigenvalue weighted by atomic mass is 10.1. The first kappa shape index (κ1) is 11.4. The van der Waals surface area contributed by atoms with Crippen molar-refractivity contribution in [3.8, 4) is 0 Å². The first-order valence-electron chi connectivity index (χ1n) is 5.43. The van der Waals surface area contributed by atoms with Crippen LogP contribution in [0.4, 0.5) is 10.1 Å². The van der Waals surface area contributed by atoms with Gasteiger partial charge in [-0.3, -0.25) is 4.79 Å². The Morgan fingerprint density at radius 1 is 1.38 bits per heavy atom. The minimum absolute atomic E-state index is 0.0263. The molecule has 0 unspecified atom stereocenters. The summed E-state index contributed by atoms with van der Waals surface area (Å²) in [6.07, 6.45) is 3.95. The Morgan fingerprint density at radius 2 is 2.06 bits per heavy atom. The molecular weight excluding hydrogens is 229 g/mol. The highest BCUT2D eigenvalue weighted by molar-refractivity contribution is 6.31. The number of carbonyl (C=O) groups excluding carboxylic acids is 1. The van der Waals surface area contributed by atoms with E-state index in [1.807, 2.05) is 0 Å². The van der Waals surface area contributed by atoms with Gasteiger partial charge in [0.1, 0.15) is 0 Å². The normalized spacial score (nSPS) is 16.4. The Hall–Kier alpha value is -1.09. The van der Waals surface area contributed by atoms with Crippen LogP contribution in [0.5, 0.6) is 0 Å². The van der Waals surface area contributed by atoms with Crippen molar-refractivity contribution in [1.29, 1.82) is 0 Å². The van der Waals surface area contributed by atoms with Crippen molar-refractivity contribution in [3.63, 3.8) is 0 Å². The molecule has 0 aromatic heterocycles. The van der Waals surface area contributed by atoms with Gasteiger partial charge in [0.2, 0.25) is 5.91 Å². The van der Waals surface area contributed by atoms with E-state index in [1.54, 1.807) is 6.07 Å². The van der Waals surface area contributed by atoms with Gasteiger partial charge < -0.3 is 5.32 Å². The Morgan fingerprint density at radius 3 is 2.75 bits per heavy atom. The lowest BCUT2D eigenvalue weighted by Gasteiger charge is -2.11. The molecule has 1 amide bonds. The average molecular weight is 242 g/mol. The molecule has 86 valence electrons. The predicted octanol–water partition coefficient (Wildman–Crippen LogP) is 3.61. The van der Waals surface area contributed by atoms with E-state index in [0.29, 0.717) is 0 Å². The molecule has 4 heteroatoms. The molecule has 16 heavy (non-hydrogen) atoms. The second-order valence-electron chi connectivity index (χ2n) is 4.07. The molecule has 0 atom stereocenters. The smallest absolute Gasteiger partial charge is 0.227 e. The molecule has 0 aliphatic heterocycles. The summed E-state index contributed by atoms with van der Waals surface area (Å²) < 4.78 is 13.5. The summed E-state index contributed by atoms with van der Waals surface area (Å²) in [7, 11) is 0. The molecule has 2 nitrogen and oxygen atoms in total. The molecule has 0 saturated heterocycles. The van der Waals surface area contributed by atoms with Gasteiger partial charge in [0.15, 0.2) is 5.82 Å². The molecule has 0 spiro atoms. The third kappa shape index (κ3) is 2.35. The van der Waals surface area contributed by atoms with E-state index in [1.165, 1.54) is 12.1 Å². The zero-order valence-electron chi connectivity index (χ0n) is 8.80. The summed E-state index contributed by atoms with van der Waals surface area (Å²) in [6.45, 7) is 0. The largest absolute Gasteiger partial charge is 0.323 e. The summed E-state index contributed by atoms with van der Waals surface area (Å²) >= 11 is 5.63. The first-order chi connectivity index (χ1) is 7.68. The molecule has 2 rings (SSSR count). The van der Waals surface area contributed by atoms with Crippen LogP contribution < -0.4 is 5.32 Å². The lowest BCUT2D eigenvalue weighted by Crippen LogP contribution is -2.20. The average Bonchev–Trinajstić information content (AvgIpc) is 2.78. The number of nitrogens with one attached hydrogen (secondary N) is 1. The standard InChI is InChI=1S/C12H13ClFNO/c13-9-6-3-7-10(11(9)14)15-12(16)8-4-1-2-5-8/h3,6-8H,1-2,4-5H2,(H,15,16). The van der Waals surface area contributed by atoms with Gasteiger partial charge in [-0.25, -0.2) is 4.39 Å². The quantitative estimate of drug-likeness (QED) is 0.842. The van der Waals surface area contributed by atoms with Crippen molar-refractivity contribution in [1.82, 2.24) is 0 Å². The molecule has 1 aromatic carbocycles. The zero-order valence-corrected chi connectivity index (χ0v) is 9.56. The minimum atomic E-state index is -0.560. The molecule has 0 heterocycles. The molecule has 1 N–H and O–H groups in total. The summed E-state index contributed by atoms with van der Waals surface area (Å²) in [5.74, 6) is -0.632. The van der Waals surface area contributed by atoms with Gasteiger partial charge in [0, 0.05) is 5.92 Å². The van der Waals surface area contributed by atoms with Crippen LogP contribution in [0.1, 0.15) is 25.7 Å². The Balaban J connectivity index is 2.08. The maximum atomic E-state index is 13.5. The van der Waals surface area contributed by atoms with Crippen LogP contribution >= 0.6 is 11.6 Å². The van der Waals surface area contributed by atoms with Crippen molar-refractivity contribution in [2.75, 3.05) is 5.32 Å². The summed E-state index contributed by atoms with van der Waals surface area (Å²) in [6, 6.07) is 4.60. The molecule has 1 aliphatic carbocycles. The van der Waals surface area contributed by atoms with Crippen LogP contribution in [0.2, 0.25) is 5.02 Å². The van der Waals surface area contributed by atoms with Crippen LogP contribution in [0.15, 0.2) is 18.2 Å². The number of benzene rings is 1. The van der Waals surface area contributed by atoms with Crippen molar-refractivity contribution in [2.45, 2.75) is 25.7 Å². The van der Waals surface area contributed by atoms with Crippen molar-refractivity contribution >= 4 is 23.2 Å². The number of hydrogen-bond donors (Lipinski definition) is 1. The van der Waals surface area contributed by atoms with Crippen molar-refractivity contribution < 1.29 is 9.18 Å². The number of rotatable bonds is 2. The second-order valence-corrected chi connectivity index (χ2v) is 4.48. The van der Waals surface area contributed by atoms with E-state index in [2.05, 4.69) is 5.32 Å². The summed E-state index contributed by atoms with van der Waals surface area (Å²) in [5, 5.41) is 2.63. The molecular formula is C12H13ClFNO. The number of halogens is 2. The fraction of sp³-hybridized carbons (Fsp3) is 0.417. The van der Waals surface area contributed by atoms with E-state index < -0.39 is 5.82 Å². The fourth-order valence-corrected chi connectivity index (χ4v) is 2.20. The second kappa shape index (κ2) is 4.83. The van der Waals surface area contributed by atoms with Crippen LogP contribution in [0.3, 0.4) is 0 Å². The SMILES string of the molecule is O=C(Nc1cccc(Cl)c1F)C1CCCC1. The molecule has 0 radical (unpaired) electrons. The monoisotopic (exact) mass is 241 g/mol.